The molecule has 0 aromatic heterocycles. The summed E-state index contributed by atoms with van der Waals surface area (Å²) in [4.78, 5) is 13.2. The number of nitrogens with one attached hydrogen (secondary N) is 2. The van der Waals surface area contributed by atoms with Gasteiger partial charge in [0.2, 0.25) is 0 Å². The number of amides is 1. The summed E-state index contributed by atoms with van der Waals surface area (Å²) < 4.78 is 39.4. The van der Waals surface area contributed by atoms with Crippen molar-refractivity contribution in [2.75, 3.05) is 17.9 Å². The SMILES string of the molecule is Cc1ccc(S(=O)(=O)Nc2cccc(C(=O)NC(C)c3ccc4c(c3)OCCO4)c2C)cc1. The number of aryl methyl sites for hydroxylation is 1. The summed E-state index contributed by atoms with van der Waals surface area (Å²) in [6.45, 7) is 6.49. The molecule has 1 amide bonds. The summed E-state index contributed by atoms with van der Waals surface area (Å²) in [5, 5.41) is 2.98. The summed E-state index contributed by atoms with van der Waals surface area (Å²) in [5.74, 6) is 1.04. The lowest BCUT2D eigenvalue weighted by Gasteiger charge is -2.21. The Balaban J connectivity index is 1.52. The molecule has 8 heteroatoms. The van der Waals surface area contributed by atoms with Crippen LogP contribution < -0.4 is 19.5 Å². The Kier molecular flexibility index (Phi) is 6.29. The van der Waals surface area contributed by atoms with E-state index in [1.807, 2.05) is 32.0 Å². The number of carbonyl (C=O) groups excluding carboxylic acids is 1. The maximum absolute atomic E-state index is 13.0. The molecule has 172 valence electrons. The van der Waals surface area contributed by atoms with E-state index in [1.54, 1.807) is 49.4 Å². The summed E-state index contributed by atoms with van der Waals surface area (Å²) in [5.41, 5.74) is 3.14. The van der Waals surface area contributed by atoms with Gasteiger partial charge in [-0.2, -0.15) is 0 Å². The monoisotopic (exact) mass is 466 g/mol. The number of fused-ring (bicyclic) bond motifs is 1. The lowest BCUT2D eigenvalue weighted by atomic mass is 10.0. The highest BCUT2D eigenvalue weighted by molar-refractivity contribution is 7.92. The van der Waals surface area contributed by atoms with E-state index in [-0.39, 0.29) is 16.8 Å². The van der Waals surface area contributed by atoms with Crippen molar-refractivity contribution >= 4 is 21.6 Å². The summed E-state index contributed by atoms with van der Waals surface area (Å²) >= 11 is 0. The van der Waals surface area contributed by atoms with Crippen LogP contribution in [-0.4, -0.2) is 27.5 Å². The van der Waals surface area contributed by atoms with Crippen LogP contribution in [0.15, 0.2) is 65.6 Å². The normalized spacial score (nSPS) is 13.8. The first-order valence-electron chi connectivity index (χ1n) is 10.6. The fraction of sp³-hybridized carbons (Fsp3) is 0.240. The summed E-state index contributed by atoms with van der Waals surface area (Å²) in [6, 6.07) is 16.8. The molecule has 0 saturated carbocycles. The summed E-state index contributed by atoms with van der Waals surface area (Å²) in [6.07, 6.45) is 0. The molecular formula is C25H26N2O5S. The predicted octanol–water partition coefficient (Wildman–Crippen LogP) is 4.37. The molecule has 33 heavy (non-hydrogen) atoms. The molecule has 1 atom stereocenters. The van der Waals surface area contributed by atoms with Crippen molar-refractivity contribution in [3.05, 3.63) is 82.9 Å². The number of rotatable bonds is 6. The van der Waals surface area contributed by atoms with E-state index in [1.165, 1.54) is 0 Å². The highest BCUT2D eigenvalue weighted by atomic mass is 32.2. The van der Waals surface area contributed by atoms with Crippen LogP contribution in [-0.2, 0) is 10.0 Å². The molecule has 1 unspecified atom stereocenters. The van der Waals surface area contributed by atoms with Crippen LogP contribution in [0, 0.1) is 13.8 Å². The van der Waals surface area contributed by atoms with Gasteiger partial charge in [0.05, 0.1) is 16.6 Å². The van der Waals surface area contributed by atoms with Gasteiger partial charge in [-0.05, 0) is 68.3 Å². The number of ether oxygens (including phenoxy) is 2. The molecule has 0 aliphatic carbocycles. The molecule has 3 aromatic carbocycles. The Morgan fingerprint density at radius 2 is 1.64 bits per heavy atom. The minimum atomic E-state index is -3.78. The lowest BCUT2D eigenvalue weighted by Crippen LogP contribution is -2.28. The van der Waals surface area contributed by atoms with Crippen molar-refractivity contribution < 1.29 is 22.7 Å². The standard InChI is InChI=1S/C25H26N2O5S/c1-16-7-10-20(11-8-16)33(29,30)27-22-6-4-5-21(17(22)2)25(28)26-18(3)19-9-12-23-24(15-19)32-14-13-31-23/h4-12,15,18,27H,13-14H2,1-3H3,(H,26,28). The van der Waals surface area contributed by atoms with Crippen LogP contribution >= 0.6 is 0 Å². The molecule has 0 radical (unpaired) electrons. The first-order chi connectivity index (χ1) is 15.7. The van der Waals surface area contributed by atoms with E-state index in [2.05, 4.69) is 10.0 Å². The highest BCUT2D eigenvalue weighted by Gasteiger charge is 2.20. The number of carbonyl (C=O) groups is 1. The van der Waals surface area contributed by atoms with Crippen molar-refractivity contribution in [3.63, 3.8) is 0 Å². The number of hydrogen-bond donors (Lipinski definition) is 2. The molecule has 3 aromatic rings. The van der Waals surface area contributed by atoms with Gasteiger partial charge in [0.25, 0.3) is 15.9 Å². The lowest BCUT2D eigenvalue weighted by molar-refractivity contribution is 0.0939. The minimum Gasteiger partial charge on any atom is -0.486 e. The van der Waals surface area contributed by atoms with Gasteiger partial charge in [-0.15, -0.1) is 0 Å². The average molecular weight is 467 g/mol. The van der Waals surface area contributed by atoms with Crippen LogP contribution in [0.4, 0.5) is 5.69 Å². The Hall–Kier alpha value is -3.52. The summed E-state index contributed by atoms with van der Waals surface area (Å²) in [7, 11) is -3.78. The topological polar surface area (TPSA) is 93.7 Å². The zero-order valence-corrected chi connectivity index (χ0v) is 19.5. The first kappa shape index (κ1) is 22.7. The fourth-order valence-electron chi connectivity index (χ4n) is 3.60. The third kappa shape index (κ3) is 4.96. The quantitative estimate of drug-likeness (QED) is 0.563. The largest absolute Gasteiger partial charge is 0.486 e. The zero-order chi connectivity index (χ0) is 23.6. The third-order valence-electron chi connectivity index (χ3n) is 5.57. The minimum absolute atomic E-state index is 0.162. The van der Waals surface area contributed by atoms with Crippen LogP contribution in [0.3, 0.4) is 0 Å². The number of hydrogen-bond acceptors (Lipinski definition) is 5. The van der Waals surface area contributed by atoms with E-state index in [9.17, 15) is 13.2 Å². The molecule has 7 nitrogen and oxygen atoms in total. The molecule has 0 spiro atoms. The molecule has 1 heterocycles. The molecule has 2 N–H and O–H groups in total. The maximum atomic E-state index is 13.0. The predicted molar refractivity (Wildman–Crippen MR) is 126 cm³/mol. The Morgan fingerprint density at radius 3 is 2.36 bits per heavy atom. The molecule has 4 rings (SSSR count). The molecule has 1 aliphatic rings. The Bertz CT molecular complexity index is 1290. The Labute approximate surface area is 193 Å². The van der Waals surface area contributed by atoms with E-state index < -0.39 is 10.0 Å². The number of benzene rings is 3. The van der Waals surface area contributed by atoms with E-state index in [0.29, 0.717) is 41.5 Å². The number of anilines is 1. The van der Waals surface area contributed by atoms with Gasteiger partial charge in [0, 0.05) is 5.56 Å². The molecule has 0 bridgehead atoms. The second-order valence-corrected chi connectivity index (χ2v) is 9.68. The van der Waals surface area contributed by atoms with Crippen molar-refractivity contribution in [1.82, 2.24) is 5.32 Å². The highest BCUT2D eigenvalue weighted by Crippen LogP contribution is 2.33. The maximum Gasteiger partial charge on any atom is 0.261 e. The van der Waals surface area contributed by atoms with E-state index in [0.717, 1.165) is 11.1 Å². The van der Waals surface area contributed by atoms with E-state index >= 15 is 0 Å². The van der Waals surface area contributed by atoms with Gasteiger partial charge in [0.15, 0.2) is 11.5 Å². The molecule has 0 saturated heterocycles. The van der Waals surface area contributed by atoms with Crippen LogP contribution in [0.1, 0.15) is 40.0 Å². The molecule has 1 aliphatic heterocycles. The third-order valence-corrected chi connectivity index (χ3v) is 6.95. The van der Waals surface area contributed by atoms with Gasteiger partial charge < -0.3 is 14.8 Å². The van der Waals surface area contributed by atoms with Gasteiger partial charge in [-0.3, -0.25) is 9.52 Å². The number of sulfonamides is 1. The van der Waals surface area contributed by atoms with Crippen molar-refractivity contribution in [1.29, 1.82) is 0 Å². The second kappa shape index (κ2) is 9.15. The van der Waals surface area contributed by atoms with Crippen LogP contribution in [0.5, 0.6) is 11.5 Å². The Morgan fingerprint density at radius 1 is 0.939 bits per heavy atom. The van der Waals surface area contributed by atoms with Gasteiger partial charge in [-0.1, -0.05) is 29.8 Å². The van der Waals surface area contributed by atoms with Crippen LogP contribution in [0.25, 0.3) is 0 Å². The molecule has 0 fully saturated rings. The average Bonchev–Trinajstić information content (AvgIpc) is 2.80. The van der Waals surface area contributed by atoms with E-state index in [4.69, 9.17) is 9.47 Å². The smallest absolute Gasteiger partial charge is 0.261 e. The van der Waals surface area contributed by atoms with Gasteiger partial charge in [-0.25, -0.2) is 8.42 Å². The van der Waals surface area contributed by atoms with Crippen LogP contribution in [0.2, 0.25) is 0 Å². The zero-order valence-electron chi connectivity index (χ0n) is 18.7. The van der Waals surface area contributed by atoms with Crippen molar-refractivity contribution in [3.8, 4) is 11.5 Å². The fourth-order valence-corrected chi connectivity index (χ4v) is 4.72. The van der Waals surface area contributed by atoms with Gasteiger partial charge >= 0.3 is 0 Å². The van der Waals surface area contributed by atoms with Crippen molar-refractivity contribution in [2.45, 2.75) is 31.7 Å². The van der Waals surface area contributed by atoms with Gasteiger partial charge in [0.1, 0.15) is 13.2 Å². The van der Waals surface area contributed by atoms with Crippen molar-refractivity contribution in [2.24, 2.45) is 0 Å². The second-order valence-electron chi connectivity index (χ2n) is 7.99. The molecular weight excluding hydrogens is 440 g/mol. The first-order valence-corrected chi connectivity index (χ1v) is 12.1.